The second kappa shape index (κ2) is 7.94. The van der Waals surface area contributed by atoms with Crippen LogP contribution < -0.4 is 10.2 Å². The van der Waals surface area contributed by atoms with Crippen molar-refractivity contribution in [1.82, 2.24) is 10.4 Å². The number of pyridine rings is 1. The van der Waals surface area contributed by atoms with Crippen LogP contribution in [0.4, 0.5) is 0 Å². The first-order valence-corrected chi connectivity index (χ1v) is 7.60. The zero-order chi connectivity index (χ0) is 16.8. The number of hydrazone groups is 1. The maximum atomic E-state index is 12.0. The molecule has 1 heterocycles. The Bertz CT molecular complexity index is 721. The van der Waals surface area contributed by atoms with Crippen molar-refractivity contribution in [3.63, 3.8) is 0 Å². The molecule has 1 atom stereocenters. The number of hydrogen-bond donors (Lipinski definition) is 1. The lowest BCUT2D eigenvalue weighted by atomic mass is 10.3. The summed E-state index contributed by atoms with van der Waals surface area (Å²) in [6.07, 6.45) is 0.888. The molecule has 0 fully saturated rings. The molecule has 1 aromatic carbocycles. The number of nitrogens with one attached hydrogen (secondary N) is 1. The van der Waals surface area contributed by atoms with Crippen LogP contribution in [-0.2, 0) is 4.79 Å². The summed E-state index contributed by atoms with van der Waals surface area (Å²) in [6.45, 7) is 3.36. The van der Waals surface area contributed by atoms with Gasteiger partial charge in [0.2, 0.25) is 0 Å². The first kappa shape index (κ1) is 17.2. The molecule has 0 aliphatic carbocycles. The predicted octanol–water partition coefficient (Wildman–Crippen LogP) is 3.70. The number of carbonyl (C=O) groups excluding carboxylic acids is 1. The van der Waals surface area contributed by atoms with E-state index in [9.17, 15) is 4.79 Å². The van der Waals surface area contributed by atoms with Crippen LogP contribution in [-0.4, -0.2) is 22.7 Å². The van der Waals surface area contributed by atoms with Gasteiger partial charge in [-0.05, 0) is 44.2 Å². The summed E-state index contributed by atoms with van der Waals surface area (Å²) in [7, 11) is 0. The van der Waals surface area contributed by atoms with Gasteiger partial charge in [-0.2, -0.15) is 5.10 Å². The van der Waals surface area contributed by atoms with E-state index in [0.717, 1.165) is 0 Å². The monoisotopic (exact) mass is 351 g/mol. The van der Waals surface area contributed by atoms with Crippen molar-refractivity contribution in [3.8, 4) is 5.75 Å². The molecular formula is C16H15Cl2N3O2. The molecule has 0 aliphatic rings. The van der Waals surface area contributed by atoms with Crippen LogP contribution in [0.2, 0.25) is 10.0 Å². The molecule has 1 amide bonds. The summed E-state index contributed by atoms with van der Waals surface area (Å²) >= 11 is 11.8. The molecule has 0 saturated heterocycles. The summed E-state index contributed by atoms with van der Waals surface area (Å²) in [5, 5.41) is 4.85. The van der Waals surface area contributed by atoms with Crippen LogP contribution in [0, 0.1) is 0 Å². The van der Waals surface area contributed by atoms with E-state index in [-0.39, 0.29) is 0 Å². The Morgan fingerprint density at radius 1 is 1.30 bits per heavy atom. The van der Waals surface area contributed by atoms with E-state index in [4.69, 9.17) is 27.9 Å². The summed E-state index contributed by atoms with van der Waals surface area (Å²) in [5.41, 5.74) is 3.72. The van der Waals surface area contributed by atoms with E-state index < -0.39 is 12.0 Å². The molecule has 23 heavy (non-hydrogen) atoms. The number of hydrogen-bond acceptors (Lipinski definition) is 4. The van der Waals surface area contributed by atoms with Gasteiger partial charge in [0.15, 0.2) is 6.10 Å². The van der Waals surface area contributed by atoms with Crippen molar-refractivity contribution in [1.29, 1.82) is 0 Å². The second-order valence-electron chi connectivity index (χ2n) is 4.72. The molecule has 0 radical (unpaired) electrons. The van der Waals surface area contributed by atoms with Crippen molar-refractivity contribution < 1.29 is 9.53 Å². The van der Waals surface area contributed by atoms with Gasteiger partial charge in [0.05, 0.1) is 16.4 Å². The second-order valence-corrected chi connectivity index (χ2v) is 5.57. The molecule has 0 aliphatic heterocycles. The highest BCUT2D eigenvalue weighted by Gasteiger charge is 2.16. The van der Waals surface area contributed by atoms with Crippen LogP contribution in [0.25, 0.3) is 0 Å². The van der Waals surface area contributed by atoms with Gasteiger partial charge in [0.25, 0.3) is 5.91 Å². The number of halogens is 2. The quantitative estimate of drug-likeness (QED) is 0.659. The number of amides is 1. The molecule has 1 N–H and O–H groups in total. The minimum atomic E-state index is -0.769. The Balaban J connectivity index is 1.97. The maximum absolute atomic E-state index is 12.0. The number of aromatic nitrogens is 1. The van der Waals surface area contributed by atoms with Crippen LogP contribution >= 0.6 is 23.2 Å². The Kier molecular flexibility index (Phi) is 5.96. The number of rotatable bonds is 5. The highest BCUT2D eigenvalue weighted by atomic mass is 35.5. The van der Waals surface area contributed by atoms with Crippen molar-refractivity contribution in [2.45, 2.75) is 20.0 Å². The molecule has 1 aromatic heterocycles. The van der Waals surface area contributed by atoms with Crippen molar-refractivity contribution >= 4 is 34.8 Å². The highest BCUT2D eigenvalue weighted by molar-refractivity contribution is 6.35. The van der Waals surface area contributed by atoms with Gasteiger partial charge in [0.1, 0.15) is 5.75 Å². The average Bonchev–Trinajstić information content (AvgIpc) is 2.55. The lowest BCUT2D eigenvalue weighted by molar-refractivity contribution is -0.127. The van der Waals surface area contributed by atoms with E-state index >= 15 is 0 Å². The zero-order valence-corrected chi connectivity index (χ0v) is 14.1. The van der Waals surface area contributed by atoms with E-state index in [2.05, 4.69) is 15.5 Å². The smallest absolute Gasteiger partial charge is 0.280 e. The van der Waals surface area contributed by atoms with Gasteiger partial charge >= 0.3 is 0 Å². The number of benzene rings is 1. The molecule has 0 spiro atoms. The van der Waals surface area contributed by atoms with E-state index in [1.54, 1.807) is 50.4 Å². The molecule has 2 rings (SSSR count). The molecule has 5 nitrogen and oxygen atoms in total. The zero-order valence-electron chi connectivity index (χ0n) is 12.6. The number of nitrogens with zero attached hydrogens (tertiary/aromatic N) is 2. The van der Waals surface area contributed by atoms with Crippen molar-refractivity contribution in [3.05, 3.63) is 58.3 Å². The Morgan fingerprint density at radius 2 is 2.09 bits per heavy atom. The van der Waals surface area contributed by atoms with Gasteiger partial charge < -0.3 is 4.74 Å². The van der Waals surface area contributed by atoms with Gasteiger partial charge in [-0.15, -0.1) is 0 Å². The first-order valence-electron chi connectivity index (χ1n) is 6.84. The summed E-state index contributed by atoms with van der Waals surface area (Å²) < 4.78 is 5.51. The Labute approximate surface area is 144 Å². The molecule has 0 bridgehead atoms. The average molecular weight is 352 g/mol. The normalized spacial score (nSPS) is 12.6. The predicted molar refractivity (Wildman–Crippen MR) is 91.1 cm³/mol. The fourth-order valence-corrected chi connectivity index (χ4v) is 2.13. The highest BCUT2D eigenvalue weighted by Crippen LogP contribution is 2.28. The number of ether oxygens (including phenoxy) is 1. The summed E-state index contributed by atoms with van der Waals surface area (Å²) in [6, 6.07) is 10.2. The Morgan fingerprint density at radius 3 is 2.74 bits per heavy atom. The van der Waals surface area contributed by atoms with Gasteiger partial charge in [-0.1, -0.05) is 29.3 Å². The third kappa shape index (κ3) is 4.94. The fourth-order valence-electron chi connectivity index (χ4n) is 1.68. The maximum Gasteiger partial charge on any atom is 0.280 e. The summed E-state index contributed by atoms with van der Waals surface area (Å²) in [5.74, 6) is -0.0181. The van der Waals surface area contributed by atoms with Crippen LogP contribution in [0.1, 0.15) is 19.5 Å². The van der Waals surface area contributed by atoms with E-state index in [1.807, 2.05) is 6.07 Å². The lowest BCUT2D eigenvalue weighted by Crippen LogP contribution is -2.34. The third-order valence-corrected chi connectivity index (χ3v) is 3.47. The van der Waals surface area contributed by atoms with Gasteiger partial charge in [-0.3, -0.25) is 9.78 Å². The minimum absolute atomic E-state index is 0.338. The van der Waals surface area contributed by atoms with Gasteiger partial charge in [0, 0.05) is 11.2 Å². The molecule has 0 unspecified atom stereocenters. The minimum Gasteiger partial charge on any atom is -0.479 e. The molecule has 0 saturated carbocycles. The first-order chi connectivity index (χ1) is 11.0. The third-order valence-electron chi connectivity index (χ3n) is 2.94. The van der Waals surface area contributed by atoms with Crippen LogP contribution in [0.5, 0.6) is 5.75 Å². The Hall–Kier alpha value is -2.11. The standard InChI is InChI=1S/C16H15Cl2N3O2/c1-10(14-5-3-4-8-19-14)20-21-16(22)11(2)23-15-7-6-12(17)9-13(15)18/h3-9,11H,1-2H3,(H,21,22)/t11-/m0/s1. The van der Waals surface area contributed by atoms with E-state index in [0.29, 0.717) is 27.2 Å². The molecule has 120 valence electrons. The molecule has 2 aromatic rings. The van der Waals surface area contributed by atoms with Crippen molar-refractivity contribution in [2.75, 3.05) is 0 Å². The van der Waals surface area contributed by atoms with E-state index in [1.165, 1.54) is 0 Å². The number of carbonyl (C=O) groups is 1. The van der Waals surface area contributed by atoms with Crippen LogP contribution in [0.3, 0.4) is 0 Å². The lowest BCUT2D eigenvalue weighted by Gasteiger charge is -2.14. The fraction of sp³-hybridized carbons (Fsp3) is 0.188. The van der Waals surface area contributed by atoms with Gasteiger partial charge in [-0.25, -0.2) is 5.43 Å². The molecule has 7 heteroatoms. The SMILES string of the molecule is CC(=NNC(=O)[C@H](C)Oc1ccc(Cl)cc1Cl)c1ccccn1. The topological polar surface area (TPSA) is 63.6 Å². The summed E-state index contributed by atoms with van der Waals surface area (Å²) in [4.78, 5) is 16.2. The van der Waals surface area contributed by atoms with Crippen LogP contribution in [0.15, 0.2) is 47.7 Å². The molecular weight excluding hydrogens is 337 g/mol. The largest absolute Gasteiger partial charge is 0.479 e. The van der Waals surface area contributed by atoms with Crippen molar-refractivity contribution in [2.24, 2.45) is 5.10 Å².